The first kappa shape index (κ1) is 23.1. The maximum atomic E-state index is 13.7. The SMILES string of the molecule is CC1(C)c2cccc(n2)-n2cc(c(C(F)(F)F)n2)CCc2cn(nc2C(F)(F)F)-c2cccc1n2. The van der Waals surface area contributed by atoms with Gasteiger partial charge in [0.1, 0.15) is 0 Å². The van der Waals surface area contributed by atoms with E-state index >= 15 is 0 Å². The minimum Gasteiger partial charge on any atom is -0.233 e. The van der Waals surface area contributed by atoms with Gasteiger partial charge in [0, 0.05) is 28.9 Å². The molecule has 0 amide bonds. The van der Waals surface area contributed by atoms with E-state index < -0.39 is 29.2 Å². The smallest absolute Gasteiger partial charge is 0.233 e. The molecule has 182 valence electrons. The van der Waals surface area contributed by atoms with Crippen LogP contribution in [0.15, 0.2) is 48.8 Å². The van der Waals surface area contributed by atoms with Crippen molar-refractivity contribution in [1.82, 2.24) is 29.5 Å². The number of halogens is 6. The van der Waals surface area contributed by atoms with Crippen LogP contribution in [0.5, 0.6) is 0 Å². The van der Waals surface area contributed by atoms with Crippen molar-refractivity contribution < 1.29 is 26.3 Å². The topological polar surface area (TPSA) is 61.4 Å². The summed E-state index contributed by atoms with van der Waals surface area (Å²) < 4.78 is 84.5. The van der Waals surface area contributed by atoms with Crippen molar-refractivity contribution in [2.24, 2.45) is 0 Å². The molecule has 4 aromatic heterocycles. The lowest BCUT2D eigenvalue weighted by atomic mass is 9.84. The predicted octanol–water partition coefficient (Wildman–Crippen LogP) is 5.31. The van der Waals surface area contributed by atoms with E-state index in [0.717, 1.165) is 21.8 Å². The molecular formula is C23H18F6N6. The quantitative estimate of drug-likeness (QED) is 0.312. The van der Waals surface area contributed by atoms with Crippen LogP contribution in [0.25, 0.3) is 11.6 Å². The van der Waals surface area contributed by atoms with Crippen LogP contribution in [0.2, 0.25) is 0 Å². The van der Waals surface area contributed by atoms with Gasteiger partial charge in [0.15, 0.2) is 23.0 Å². The Morgan fingerprint density at radius 1 is 0.686 bits per heavy atom. The van der Waals surface area contributed by atoms with Gasteiger partial charge in [-0.2, -0.15) is 36.5 Å². The molecule has 12 heteroatoms. The van der Waals surface area contributed by atoms with E-state index in [0.29, 0.717) is 11.4 Å². The molecule has 35 heavy (non-hydrogen) atoms. The number of hydrogen-bond donors (Lipinski definition) is 0. The Hall–Kier alpha value is -3.70. The van der Waals surface area contributed by atoms with Crippen LogP contribution in [0.1, 0.15) is 47.8 Å². The molecule has 0 saturated heterocycles. The molecule has 0 unspecified atom stereocenters. The largest absolute Gasteiger partial charge is 0.435 e. The maximum absolute atomic E-state index is 13.7. The van der Waals surface area contributed by atoms with Crippen LogP contribution in [0.3, 0.4) is 0 Å². The highest BCUT2D eigenvalue weighted by Crippen LogP contribution is 2.36. The van der Waals surface area contributed by atoms with Gasteiger partial charge in [-0.15, -0.1) is 0 Å². The highest BCUT2D eigenvalue weighted by molar-refractivity contribution is 5.38. The summed E-state index contributed by atoms with van der Waals surface area (Å²) >= 11 is 0. The van der Waals surface area contributed by atoms with Gasteiger partial charge in [-0.3, -0.25) is 0 Å². The van der Waals surface area contributed by atoms with Crippen LogP contribution in [0, 0.1) is 0 Å². The van der Waals surface area contributed by atoms with Gasteiger partial charge in [-0.1, -0.05) is 12.1 Å². The summed E-state index contributed by atoms with van der Waals surface area (Å²) in [6, 6.07) is 9.76. The fourth-order valence-electron chi connectivity index (χ4n) is 4.10. The van der Waals surface area contributed by atoms with Crippen LogP contribution < -0.4 is 0 Å². The fourth-order valence-corrected chi connectivity index (χ4v) is 4.10. The summed E-state index contributed by atoms with van der Waals surface area (Å²) in [5.74, 6) is 0.306. The first-order chi connectivity index (χ1) is 16.3. The van der Waals surface area contributed by atoms with Gasteiger partial charge >= 0.3 is 12.4 Å². The van der Waals surface area contributed by atoms with E-state index in [4.69, 9.17) is 0 Å². The lowest BCUT2D eigenvalue weighted by Gasteiger charge is -2.24. The lowest BCUT2D eigenvalue weighted by Crippen LogP contribution is -2.23. The van der Waals surface area contributed by atoms with E-state index in [1.165, 1.54) is 12.1 Å². The molecule has 1 aliphatic rings. The number of aromatic nitrogens is 6. The molecule has 0 N–H and O–H groups in total. The van der Waals surface area contributed by atoms with E-state index in [9.17, 15) is 26.3 Å². The minimum atomic E-state index is -4.79. The van der Waals surface area contributed by atoms with Crippen LogP contribution in [0.4, 0.5) is 26.3 Å². The number of aryl methyl sites for hydroxylation is 2. The zero-order valence-corrected chi connectivity index (χ0v) is 18.5. The normalized spacial score (nSPS) is 15.4. The van der Waals surface area contributed by atoms with Crippen LogP contribution in [-0.2, 0) is 30.6 Å². The minimum absolute atomic E-state index is 0.153. The summed E-state index contributed by atoms with van der Waals surface area (Å²) in [4.78, 5) is 9.08. The van der Waals surface area contributed by atoms with Crippen molar-refractivity contribution in [3.05, 3.63) is 82.7 Å². The second kappa shape index (κ2) is 7.65. The average molecular weight is 492 g/mol. The van der Waals surface area contributed by atoms with Crippen molar-refractivity contribution in [3.63, 3.8) is 0 Å². The summed E-state index contributed by atoms with van der Waals surface area (Å²) in [7, 11) is 0. The summed E-state index contributed by atoms with van der Waals surface area (Å²) in [6.07, 6.45) is -7.91. The first-order valence-electron chi connectivity index (χ1n) is 10.6. The van der Waals surface area contributed by atoms with Crippen molar-refractivity contribution in [3.8, 4) is 11.6 Å². The molecule has 0 radical (unpaired) electrons. The molecule has 5 rings (SSSR count). The van der Waals surface area contributed by atoms with Gasteiger partial charge in [0.05, 0.1) is 11.4 Å². The third kappa shape index (κ3) is 4.06. The summed E-state index contributed by atoms with van der Waals surface area (Å²) in [6.45, 7) is 3.63. The van der Waals surface area contributed by atoms with Crippen molar-refractivity contribution >= 4 is 0 Å². The Morgan fingerprint density at radius 2 is 1.09 bits per heavy atom. The van der Waals surface area contributed by atoms with Gasteiger partial charge < -0.3 is 0 Å². The maximum Gasteiger partial charge on any atom is 0.435 e. The molecule has 0 aromatic carbocycles. The van der Waals surface area contributed by atoms with E-state index in [2.05, 4.69) is 20.2 Å². The van der Waals surface area contributed by atoms with Crippen LogP contribution >= 0.6 is 0 Å². The molecule has 6 nitrogen and oxygen atoms in total. The Morgan fingerprint density at radius 3 is 1.46 bits per heavy atom. The second-order valence-corrected chi connectivity index (χ2v) is 8.78. The zero-order chi connectivity index (χ0) is 25.2. The average Bonchev–Trinajstić information content (AvgIpc) is 3.42. The third-order valence-corrected chi connectivity index (χ3v) is 6.00. The Kier molecular flexibility index (Phi) is 5.04. The van der Waals surface area contributed by atoms with E-state index in [-0.39, 0.29) is 35.6 Å². The molecular weight excluding hydrogens is 474 g/mol. The fraction of sp³-hybridized carbons (Fsp3) is 0.304. The predicted molar refractivity (Wildman–Crippen MR) is 112 cm³/mol. The zero-order valence-electron chi connectivity index (χ0n) is 18.5. The summed E-state index contributed by atoms with van der Waals surface area (Å²) in [5.41, 5.74) is -2.64. The third-order valence-electron chi connectivity index (χ3n) is 6.00. The standard InChI is InChI=1S/C23H18F6N6/c1-21(2)15-5-3-7-17(30-15)34-11-13(19(32-34)22(24,25)26)9-10-14-12-35(33-20(14)23(27,28)29)18-8-4-6-16(21)31-18/h3-8,11-12H,9-10H2,1-2H3. The molecule has 0 saturated carbocycles. The number of pyridine rings is 2. The summed E-state index contributed by atoms with van der Waals surface area (Å²) in [5, 5.41) is 7.40. The van der Waals surface area contributed by atoms with Crippen molar-refractivity contribution in [1.29, 1.82) is 0 Å². The molecule has 0 spiro atoms. The molecule has 4 aromatic rings. The monoisotopic (exact) mass is 492 g/mol. The molecule has 1 aliphatic heterocycles. The number of alkyl halides is 6. The van der Waals surface area contributed by atoms with Crippen molar-refractivity contribution in [2.45, 2.75) is 44.5 Å². The molecule has 0 aliphatic carbocycles. The first-order valence-corrected chi connectivity index (χ1v) is 10.6. The Labute approximate surface area is 195 Å². The van der Waals surface area contributed by atoms with Gasteiger partial charge in [-0.05, 0) is 51.0 Å². The van der Waals surface area contributed by atoms with Crippen LogP contribution in [-0.4, -0.2) is 29.5 Å². The van der Waals surface area contributed by atoms with Crippen molar-refractivity contribution in [2.75, 3.05) is 0 Å². The Bertz CT molecular complexity index is 1310. The number of hydrogen-bond acceptors (Lipinski definition) is 4. The van der Waals surface area contributed by atoms with E-state index in [1.54, 1.807) is 24.3 Å². The van der Waals surface area contributed by atoms with Gasteiger partial charge in [0.25, 0.3) is 0 Å². The second-order valence-electron chi connectivity index (χ2n) is 8.78. The Balaban J connectivity index is 1.77. The van der Waals surface area contributed by atoms with Gasteiger partial charge in [-0.25, -0.2) is 19.3 Å². The molecule has 5 heterocycles. The molecule has 0 atom stereocenters. The lowest BCUT2D eigenvalue weighted by molar-refractivity contribution is -0.143. The molecule has 8 bridgehead atoms. The number of rotatable bonds is 0. The van der Waals surface area contributed by atoms with Gasteiger partial charge in [0.2, 0.25) is 0 Å². The molecule has 0 fully saturated rings. The number of fused-ring (bicyclic) bond motifs is 10. The van der Waals surface area contributed by atoms with E-state index in [1.807, 2.05) is 13.8 Å². The highest BCUT2D eigenvalue weighted by Gasteiger charge is 2.40. The number of nitrogens with zero attached hydrogens (tertiary/aromatic N) is 6. The highest BCUT2D eigenvalue weighted by atomic mass is 19.4.